The van der Waals surface area contributed by atoms with Crippen LogP contribution in [0.3, 0.4) is 0 Å². The quantitative estimate of drug-likeness (QED) is 0.846. The second kappa shape index (κ2) is 5.47. The molecule has 1 aromatic carbocycles. The topological polar surface area (TPSA) is 79.5 Å². The molecule has 0 amide bonds. The lowest BCUT2D eigenvalue weighted by Gasteiger charge is -2.11. The number of benzene rings is 1. The normalized spacial score (nSPS) is 21.8. The van der Waals surface area contributed by atoms with Crippen molar-refractivity contribution in [2.24, 2.45) is 0 Å². The Bertz CT molecular complexity index is 788. The average molecular weight is 370 g/mol. The molecule has 110 valence electrons. The molecule has 5 nitrogen and oxygen atoms in total. The number of aryl methyl sites for hydroxylation is 1. The van der Waals surface area contributed by atoms with E-state index < -0.39 is 12.0 Å². The highest BCUT2D eigenvalue weighted by atomic mass is 79.9. The third kappa shape index (κ3) is 2.61. The summed E-state index contributed by atoms with van der Waals surface area (Å²) >= 11 is 4.79. The minimum absolute atomic E-state index is 0.128. The number of halogens is 1. The Labute approximate surface area is 132 Å². The second-order valence-corrected chi connectivity index (χ2v) is 6.91. The van der Waals surface area contributed by atoms with Crippen molar-refractivity contribution in [3.63, 3.8) is 0 Å². The number of rotatable bonds is 2. The highest BCUT2D eigenvalue weighted by Crippen LogP contribution is 2.33. The number of fused-ring (bicyclic) bond motifs is 1. The van der Waals surface area contributed by atoms with Crippen molar-refractivity contribution in [3.8, 4) is 0 Å². The number of carbonyl (C=O) groups is 1. The van der Waals surface area contributed by atoms with Crippen LogP contribution >= 0.6 is 27.7 Å². The van der Waals surface area contributed by atoms with Gasteiger partial charge in [0, 0.05) is 5.75 Å². The van der Waals surface area contributed by atoms with E-state index in [4.69, 9.17) is 9.52 Å². The Hall–Kier alpha value is -1.31. The second-order valence-electron chi connectivity index (χ2n) is 4.91. The lowest BCUT2D eigenvalue weighted by Crippen LogP contribution is -2.34. The van der Waals surface area contributed by atoms with Gasteiger partial charge in [-0.15, -0.1) is 11.8 Å². The average Bonchev–Trinajstić information content (AvgIpc) is 2.89. The van der Waals surface area contributed by atoms with E-state index in [1.165, 1.54) is 18.0 Å². The van der Waals surface area contributed by atoms with Crippen LogP contribution in [0.1, 0.15) is 16.5 Å². The largest absolute Gasteiger partial charge is 0.480 e. The smallest absolute Gasteiger partial charge is 0.321 e. The molecule has 1 aliphatic heterocycles. The lowest BCUT2D eigenvalue weighted by molar-refractivity contribution is -0.138. The molecule has 2 atom stereocenters. The molecule has 1 aliphatic rings. The summed E-state index contributed by atoms with van der Waals surface area (Å²) in [6.07, 6.45) is 1.42. The standard InChI is InChI=1S/C14H12BrNO4S/c1-6-2-7-11(17)8(4-20-12(7)9(15)3-6)13-16-10(5-21-13)14(18)19/h2-4,10,13,16H,5H2,1H3,(H,18,19). The van der Waals surface area contributed by atoms with E-state index >= 15 is 0 Å². The van der Waals surface area contributed by atoms with E-state index in [0.717, 1.165) is 10.0 Å². The fraction of sp³-hybridized carbons (Fsp3) is 0.286. The van der Waals surface area contributed by atoms with Crippen LogP contribution in [-0.4, -0.2) is 22.9 Å². The molecule has 0 bridgehead atoms. The van der Waals surface area contributed by atoms with Crippen LogP contribution in [0.5, 0.6) is 0 Å². The molecule has 0 saturated carbocycles. The Morgan fingerprint density at radius 2 is 2.29 bits per heavy atom. The van der Waals surface area contributed by atoms with Crippen molar-refractivity contribution < 1.29 is 14.3 Å². The van der Waals surface area contributed by atoms with E-state index in [1.807, 2.05) is 13.0 Å². The third-order valence-electron chi connectivity index (χ3n) is 3.36. The molecule has 1 saturated heterocycles. The molecule has 2 unspecified atom stereocenters. The Morgan fingerprint density at radius 1 is 1.52 bits per heavy atom. The molecule has 2 aromatic rings. The Morgan fingerprint density at radius 3 is 2.95 bits per heavy atom. The van der Waals surface area contributed by atoms with Crippen molar-refractivity contribution in [1.29, 1.82) is 0 Å². The summed E-state index contributed by atoms with van der Waals surface area (Å²) in [5.41, 5.74) is 1.78. The molecule has 7 heteroatoms. The van der Waals surface area contributed by atoms with Gasteiger partial charge in [0.2, 0.25) is 0 Å². The van der Waals surface area contributed by atoms with Gasteiger partial charge < -0.3 is 9.52 Å². The van der Waals surface area contributed by atoms with Crippen LogP contribution in [-0.2, 0) is 4.79 Å². The summed E-state index contributed by atoms with van der Waals surface area (Å²) in [5.74, 6) is -0.483. The van der Waals surface area contributed by atoms with Gasteiger partial charge in [-0.25, -0.2) is 0 Å². The molecule has 1 fully saturated rings. The maximum atomic E-state index is 12.6. The van der Waals surface area contributed by atoms with Crippen LogP contribution in [0.25, 0.3) is 11.0 Å². The zero-order valence-corrected chi connectivity index (χ0v) is 13.5. The lowest BCUT2D eigenvalue weighted by atomic mass is 10.1. The van der Waals surface area contributed by atoms with Crippen molar-refractivity contribution in [1.82, 2.24) is 5.32 Å². The Kier molecular flexibility index (Phi) is 3.81. The monoisotopic (exact) mass is 369 g/mol. The first-order valence-corrected chi connectivity index (χ1v) is 8.13. The van der Waals surface area contributed by atoms with Gasteiger partial charge in [0.05, 0.1) is 20.8 Å². The summed E-state index contributed by atoms with van der Waals surface area (Å²) in [6, 6.07) is 3.02. The number of aliphatic carboxylic acids is 1. The third-order valence-corrected chi connectivity index (χ3v) is 5.20. The van der Waals surface area contributed by atoms with Crippen molar-refractivity contribution in [2.75, 3.05) is 5.75 Å². The molecule has 2 N–H and O–H groups in total. The van der Waals surface area contributed by atoms with E-state index in [1.54, 1.807) is 6.07 Å². The maximum Gasteiger partial charge on any atom is 0.321 e. The summed E-state index contributed by atoms with van der Waals surface area (Å²) in [7, 11) is 0. The van der Waals surface area contributed by atoms with Gasteiger partial charge in [0.1, 0.15) is 12.3 Å². The van der Waals surface area contributed by atoms with E-state index in [2.05, 4.69) is 21.2 Å². The number of nitrogens with one attached hydrogen (secondary N) is 1. The molecular formula is C14H12BrNO4S. The number of hydrogen-bond acceptors (Lipinski definition) is 5. The Balaban J connectivity index is 2.07. The predicted octanol–water partition coefficient (Wildman–Crippen LogP) is 2.65. The van der Waals surface area contributed by atoms with E-state index in [9.17, 15) is 9.59 Å². The summed E-state index contributed by atoms with van der Waals surface area (Å²) < 4.78 is 6.30. The van der Waals surface area contributed by atoms with E-state index in [-0.39, 0.29) is 10.8 Å². The first-order chi connectivity index (χ1) is 9.97. The van der Waals surface area contributed by atoms with Crippen molar-refractivity contribution in [3.05, 3.63) is 44.2 Å². The molecule has 0 radical (unpaired) electrons. The molecule has 0 spiro atoms. The van der Waals surface area contributed by atoms with Gasteiger partial charge in [-0.05, 0) is 40.5 Å². The van der Waals surface area contributed by atoms with Gasteiger partial charge in [-0.1, -0.05) is 0 Å². The van der Waals surface area contributed by atoms with Gasteiger partial charge in [-0.3, -0.25) is 14.9 Å². The summed E-state index contributed by atoms with van der Waals surface area (Å²) in [6.45, 7) is 1.90. The summed E-state index contributed by atoms with van der Waals surface area (Å²) in [5, 5.41) is 12.1. The first-order valence-electron chi connectivity index (χ1n) is 6.29. The van der Waals surface area contributed by atoms with E-state index in [0.29, 0.717) is 22.3 Å². The van der Waals surface area contributed by atoms with Gasteiger partial charge in [0.25, 0.3) is 0 Å². The van der Waals surface area contributed by atoms with Crippen LogP contribution in [0, 0.1) is 6.92 Å². The SMILES string of the molecule is Cc1cc(Br)c2occ(C3NC(C(=O)O)CS3)c(=O)c2c1. The fourth-order valence-corrected chi connectivity index (χ4v) is 4.22. The maximum absolute atomic E-state index is 12.6. The van der Waals surface area contributed by atoms with Crippen LogP contribution in [0.4, 0.5) is 0 Å². The molecule has 2 heterocycles. The van der Waals surface area contributed by atoms with Crippen molar-refractivity contribution >= 4 is 44.6 Å². The minimum Gasteiger partial charge on any atom is -0.480 e. The van der Waals surface area contributed by atoms with Gasteiger partial charge >= 0.3 is 5.97 Å². The van der Waals surface area contributed by atoms with Crippen molar-refractivity contribution in [2.45, 2.75) is 18.3 Å². The van der Waals surface area contributed by atoms with Crippen LogP contribution in [0.2, 0.25) is 0 Å². The zero-order valence-electron chi connectivity index (χ0n) is 11.1. The molecule has 0 aliphatic carbocycles. The molecule has 3 rings (SSSR count). The molecular weight excluding hydrogens is 358 g/mol. The highest BCUT2D eigenvalue weighted by Gasteiger charge is 2.32. The zero-order chi connectivity index (χ0) is 15.1. The fourth-order valence-electron chi connectivity index (χ4n) is 2.32. The predicted molar refractivity (Wildman–Crippen MR) is 84.7 cm³/mol. The highest BCUT2D eigenvalue weighted by molar-refractivity contribution is 9.10. The number of carboxylic acid groups (broad SMARTS) is 1. The first kappa shape index (κ1) is 14.6. The van der Waals surface area contributed by atoms with Gasteiger partial charge in [0.15, 0.2) is 11.0 Å². The van der Waals surface area contributed by atoms with Crippen LogP contribution in [0.15, 0.2) is 32.1 Å². The molecule has 21 heavy (non-hydrogen) atoms. The summed E-state index contributed by atoms with van der Waals surface area (Å²) in [4.78, 5) is 23.6. The van der Waals surface area contributed by atoms with Gasteiger partial charge in [-0.2, -0.15) is 0 Å². The number of carboxylic acids is 1. The number of hydrogen-bond donors (Lipinski definition) is 2. The number of thioether (sulfide) groups is 1. The molecule has 1 aromatic heterocycles. The van der Waals surface area contributed by atoms with Crippen LogP contribution < -0.4 is 10.7 Å². The minimum atomic E-state index is -0.909.